The smallest absolute Gasteiger partial charge is 0.768 e. The van der Waals surface area contributed by atoms with Gasteiger partial charge in [0.05, 0.1) is 6.29 Å². The fourth-order valence-electron chi connectivity index (χ4n) is 1.37. The van der Waals surface area contributed by atoms with Gasteiger partial charge in [-0.05, 0) is 24.3 Å². The van der Waals surface area contributed by atoms with Crippen molar-refractivity contribution in [3.63, 3.8) is 0 Å². The molecule has 0 saturated carbocycles. The molecule has 0 radical (unpaired) electrons. The number of rotatable bonds is 6. The van der Waals surface area contributed by atoms with Gasteiger partial charge < -0.3 is 9.42 Å². The van der Waals surface area contributed by atoms with Crippen molar-refractivity contribution in [2.24, 2.45) is 0 Å². The Hall–Kier alpha value is -0.510. The van der Waals surface area contributed by atoms with Crippen LogP contribution >= 0.6 is 19.2 Å². The molecule has 0 fully saturated rings. The zero-order valence-corrected chi connectivity index (χ0v) is 16.4. The molecule has 0 saturated heterocycles. The Kier molecular flexibility index (Phi) is 7.63. The number of pyridine rings is 2. The van der Waals surface area contributed by atoms with Crippen molar-refractivity contribution in [3.8, 4) is 5.75 Å². The summed E-state index contributed by atoms with van der Waals surface area (Å²) in [6.45, 7) is 0. The third-order valence-electron chi connectivity index (χ3n) is 2.32. The van der Waals surface area contributed by atoms with Crippen LogP contribution in [0.1, 0.15) is 0 Å². The molecule has 0 aliphatic carbocycles. The molecule has 1 N–H and O–H groups in total. The molecule has 0 aromatic carbocycles. The van der Waals surface area contributed by atoms with Gasteiger partial charge in [-0.15, -0.1) is 0 Å². The van der Waals surface area contributed by atoms with Gasteiger partial charge in [0.15, 0.2) is 23.5 Å². The number of hydrogen-bond donors (Lipinski definition) is 1. The van der Waals surface area contributed by atoms with Crippen molar-refractivity contribution in [1.82, 2.24) is 14.7 Å². The predicted octanol–water partition coefficient (Wildman–Crippen LogP) is -2.00. The van der Waals surface area contributed by atoms with Gasteiger partial charge in [0.1, 0.15) is 0 Å². The van der Waals surface area contributed by atoms with Crippen LogP contribution in [-0.4, -0.2) is 24.7 Å². The van der Waals surface area contributed by atoms with Crippen LogP contribution in [0.25, 0.3) is 0 Å². The van der Waals surface area contributed by atoms with Crippen molar-refractivity contribution in [2.45, 2.75) is 5.03 Å². The van der Waals surface area contributed by atoms with Crippen molar-refractivity contribution in [1.29, 1.82) is 0 Å². The second-order valence-electron chi connectivity index (χ2n) is 3.97. The molecule has 0 aliphatic heterocycles. The summed E-state index contributed by atoms with van der Waals surface area (Å²) >= 11 is 5.67. The number of nitrogens with zero attached hydrogens (tertiary/aromatic N) is 2. The average molecular weight is 386 g/mol. The molecule has 1 unspecified atom stereocenters. The van der Waals surface area contributed by atoms with Gasteiger partial charge in [0, 0.05) is 12.4 Å². The molecule has 2 aromatic rings. The molecule has 0 spiro atoms. The number of nitrogens with one attached hydrogen (secondary N) is 1. The van der Waals surface area contributed by atoms with Gasteiger partial charge >= 0.3 is 29.6 Å². The molecule has 0 bridgehead atoms. The van der Waals surface area contributed by atoms with Crippen LogP contribution in [0.15, 0.2) is 47.8 Å². The maximum absolute atomic E-state index is 11.9. The van der Waals surface area contributed by atoms with E-state index in [2.05, 4.69) is 9.97 Å². The van der Waals surface area contributed by atoms with E-state index in [1.807, 2.05) is 4.72 Å². The zero-order chi connectivity index (χ0) is 16.2. The van der Waals surface area contributed by atoms with Crippen LogP contribution in [-0.2, 0) is 14.6 Å². The average Bonchev–Trinajstić information content (AvgIpc) is 2.49. The fraction of sp³-hybridized carbons (Fsp3) is 0.0909. The quantitative estimate of drug-likeness (QED) is 0.347. The minimum atomic E-state index is -4.55. The van der Waals surface area contributed by atoms with Gasteiger partial charge in [0.2, 0.25) is 0 Å². The van der Waals surface area contributed by atoms with Crippen LogP contribution < -0.4 is 43.7 Å². The van der Waals surface area contributed by atoms with Gasteiger partial charge in [-0.25, -0.2) is 23.1 Å². The number of hydrogen-bond acceptors (Lipinski definition) is 7. The molecule has 0 aliphatic rings. The van der Waals surface area contributed by atoms with Gasteiger partial charge in [0.25, 0.3) is 10.0 Å². The first-order valence-corrected chi connectivity index (χ1v) is 9.40. The summed E-state index contributed by atoms with van der Waals surface area (Å²) < 4.78 is 42.2. The van der Waals surface area contributed by atoms with E-state index >= 15 is 0 Å². The summed E-state index contributed by atoms with van der Waals surface area (Å²) in [4.78, 5) is 19.1. The Morgan fingerprint density at radius 1 is 1.22 bits per heavy atom. The summed E-state index contributed by atoms with van der Waals surface area (Å²) in [5.41, 5.74) is 0. The van der Waals surface area contributed by atoms with E-state index in [1.54, 1.807) is 0 Å². The predicted molar refractivity (Wildman–Crippen MR) is 76.9 cm³/mol. The third-order valence-corrected chi connectivity index (χ3v) is 5.16. The van der Waals surface area contributed by atoms with Crippen molar-refractivity contribution in [3.05, 3.63) is 47.9 Å². The Morgan fingerprint density at radius 3 is 2.52 bits per heavy atom. The first kappa shape index (κ1) is 20.5. The second kappa shape index (κ2) is 8.55. The van der Waals surface area contributed by atoms with Gasteiger partial charge in [-0.1, -0.05) is 17.7 Å². The first-order chi connectivity index (χ1) is 10.3. The Morgan fingerprint density at radius 2 is 1.91 bits per heavy atom. The summed E-state index contributed by atoms with van der Waals surface area (Å²) in [7, 11) is -8.61. The molecule has 12 heteroatoms. The molecule has 0 amide bonds. The second-order valence-corrected chi connectivity index (χ2v) is 7.76. The van der Waals surface area contributed by atoms with Crippen LogP contribution in [0.2, 0.25) is 5.15 Å². The van der Waals surface area contributed by atoms with E-state index in [9.17, 15) is 17.9 Å². The van der Waals surface area contributed by atoms with Gasteiger partial charge in [-0.2, -0.15) is 0 Å². The van der Waals surface area contributed by atoms with Crippen LogP contribution in [0.5, 0.6) is 5.75 Å². The van der Waals surface area contributed by atoms with Crippen molar-refractivity contribution in [2.75, 3.05) is 6.29 Å². The Bertz CT molecular complexity index is 808. The van der Waals surface area contributed by atoms with E-state index in [0.29, 0.717) is 0 Å². The summed E-state index contributed by atoms with van der Waals surface area (Å²) in [5.74, 6) is -0.181. The minimum Gasteiger partial charge on any atom is -0.768 e. The van der Waals surface area contributed by atoms with E-state index < -0.39 is 23.9 Å². The maximum atomic E-state index is 11.9. The molecule has 2 aromatic heterocycles. The fourth-order valence-corrected chi connectivity index (χ4v) is 4.01. The number of sulfonamides is 1. The summed E-state index contributed by atoms with van der Waals surface area (Å²) in [6, 6.07) is 6.96. The SMILES string of the molecule is O=P([O-])(CNS(=O)(=O)c1ccccn1)Oc1cccnc1Cl.[Na+]. The number of halogens is 1. The van der Waals surface area contributed by atoms with Crippen LogP contribution in [0.4, 0.5) is 0 Å². The topological polar surface area (TPSA) is 121 Å². The monoisotopic (exact) mass is 385 g/mol. The standard InChI is InChI=1S/C11H11ClN3O5PS.Na/c12-11-9(4-3-7-14-11)20-21(16,17)8-15-22(18,19)10-5-1-2-6-13-10;/h1-7,15H,8H2,(H,16,17);/q;+1/p-1. The third kappa shape index (κ3) is 6.13. The Balaban J connectivity index is 0.00000264. The molecule has 2 heterocycles. The minimum absolute atomic E-state index is 0. The van der Waals surface area contributed by atoms with Crippen LogP contribution in [0, 0.1) is 0 Å². The molecule has 8 nitrogen and oxygen atoms in total. The molecular weight excluding hydrogens is 376 g/mol. The Labute approximate surface area is 160 Å². The first-order valence-electron chi connectivity index (χ1n) is 5.81. The molecule has 2 rings (SSSR count). The molecule has 1 atom stereocenters. The summed E-state index contributed by atoms with van der Waals surface area (Å²) in [6.07, 6.45) is 1.68. The van der Waals surface area contributed by atoms with E-state index in [4.69, 9.17) is 16.1 Å². The molecular formula is C11H10ClN3NaO5PS. The van der Waals surface area contributed by atoms with E-state index in [1.165, 1.54) is 42.7 Å². The van der Waals surface area contributed by atoms with E-state index in [0.717, 1.165) is 0 Å². The largest absolute Gasteiger partial charge is 1.00 e. The van der Waals surface area contributed by atoms with Crippen molar-refractivity contribution < 1.29 is 52.0 Å². The van der Waals surface area contributed by atoms with Crippen LogP contribution in [0.3, 0.4) is 0 Å². The van der Waals surface area contributed by atoms with Crippen molar-refractivity contribution >= 4 is 29.2 Å². The maximum Gasteiger partial charge on any atom is 1.00 e. The van der Waals surface area contributed by atoms with E-state index in [-0.39, 0.29) is 45.5 Å². The number of aromatic nitrogens is 2. The molecule has 23 heavy (non-hydrogen) atoms. The van der Waals surface area contributed by atoms with Gasteiger partial charge in [-0.3, -0.25) is 4.57 Å². The zero-order valence-electron chi connectivity index (χ0n) is 11.9. The molecule has 118 valence electrons. The summed E-state index contributed by atoms with van der Waals surface area (Å²) in [5, 5.41) is -0.444. The normalized spacial score (nSPS) is 13.7.